The van der Waals surface area contributed by atoms with Gasteiger partial charge in [0.1, 0.15) is 0 Å². The Kier molecular flexibility index (Phi) is 5.77. The van der Waals surface area contributed by atoms with Crippen molar-refractivity contribution in [3.63, 3.8) is 0 Å². The molecular weight excluding hydrogens is 366 g/mol. The van der Waals surface area contributed by atoms with E-state index in [4.69, 9.17) is 4.74 Å². The molecule has 0 aliphatic heterocycles. The third kappa shape index (κ3) is 4.48. The van der Waals surface area contributed by atoms with E-state index < -0.39 is 24.5 Å². The zero-order valence-electron chi connectivity index (χ0n) is 14.5. The second-order valence-corrected chi connectivity index (χ2v) is 6.48. The minimum Gasteiger partial charge on any atom is -0.452 e. The van der Waals surface area contributed by atoms with Gasteiger partial charge in [0.2, 0.25) is 0 Å². The number of thiophene rings is 1. The zero-order chi connectivity index (χ0) is 19.2. The van der Waals surface area contributed by atoms with E-state index in [1.54, 1.807) is 25.1 Å². The van der Waals surface area contributed by atoms with Crippen molar-refractivity contribution in [2.24, 2.45) is 0 Å². The summed E-state index contributed by atoms with van der Waals surface area (Å²) in [5.74, 6) is -1.36. The van der Waals surface area contributed by atoms with E-state index in [9.17, 15) is 14.4 Å². The lowest BCUT2D eigenvalue weighted by Gasteiger charge is -2.09. The topological polar surface area (TPSA) is 97.4 Å². The molecule has 8 heteroatoms. The van der Waals surface area contributed by atoms with Crippen molar-refractivity contribution in [1.82, 2.24) is 15.6 Å². The van der Waals surface area contributed by atoms with E-state index in [1.807, 2.05) is 29.6 Å². The van der Waals surface area contributed by atoms with E-state index >= 15 is 0 Å². The highest BCUT2D eigenvalue weighted by molar-refractivity contribution is 7.13. The predicted molar refractivity (Wildman–Crippen MR) is 103 cm³/mol. The Labute approximate surface area is 159 Å². The monoisotopic (exact) mass is 383 g/mol. The van der Waals surface area contributed by atoms with Gasteiger partial charge in [-0.1, -0.05) is 24.3 Å². The second kappa shape index (κ2) is 8.41. The van der Waals surface area contributed by atoms with Crippen LogP contribution in [0.2, 0.25) is 0 Å². The fraction of sp³-hybridized carbons (Fsp3) is 0.158. The highest BCUT2D eigenvalue weighted by atomic mass is 32.1. The third-order valence-corrected chi connectivity index (χ3v) is 4.53. The number of esters is 1. The number of hydrogen-bond acceptors (Lipinski definition) is 6. The number of rotatable bonds is 5. The molecule has 2 N–H and O–H groups in total. The van der Waals surface area contributed by atoms with E-state index in [0.717, 1.165) is 4.88 Å². The normalized spacial score (nSPS) is 10.4. The number of carbonyl (C=O) groups excluding carboxylic acids is 3. The molecule has 2 aromatic heterocycles. The van der Waals surface area contributed by atoms with E-state index in [0.29, 0.717) is 28.7 Å². The molecule has 0 bridgehead atoms. The summed E-state index contributed by atoms with van der Waals surface area (Å²) in [6.07, 6.45) is 0. The first-order chi connectivity index (χ1) is 13.1. The van der Waals surface area contributed by atoms with Crippen LogP contribution in [0.1, 0.15) is 17.3 Å². The number of benzene rings is 1. The van der Waals surface area contributed by atoms with Gasteiger partial charge in [-0.25, -0.2) is 14.6 Å². The summed E-state index contributed by atoms with van der Waals surface area (Å²) in [5, 5.41) is 7.06. The minimum absolute atomic E-state index is 0.315. The van der Waals surface area contributed by atoms with Crippen LogP contribution in [0.3, 0.4) is 0 Å². The summed E-state index contributed by atoms with van der Waals surface area (Å²) in [7, 11) is 0. The maximum atomic E-state index is 12.6. The van der Waals surface area contributed by atoms with Crippen LogP contribution in [0.25, 0.3) is 21.5 Å². The number of imide groups is 1. The summed E-state index contributed by atoms with van der Waals surface area (Å²) >= 11 is 1.51. The van der Waals surface area contributed by atoms with Gasteiger partial charge in [0.05, 0.1) is 21.7 Å². The number of nitrogens with zero attached hydrogens (tertiary/aromatic N) is 1. The van der Waals surface area contributed by atoms with Crippen molar-refractivity contribution in [2.75, 3.05) is 13.2 Å². The SMILES string of the molecule is CCNC(=O)NC(=O)COC(=O)c1cc(-c2cccs2)nc2ccccc12. The van der Waals surface area contributed by atoms with Gasteiger partial charge in [-0.15, -0.1) is 11.3 Å². The van der Waals surface area contributed by atoms with Gasteiger partial charge in [-0.2, -0.15) is 0 Å². The summed E-state index contributed by atoms with van der Waals surface area (Å²) in [4.78, 5) is 41.1. The molecule has 1 aromatic carbocycles. The summed E-state index contributed by atoms with van der Waals surface area (Å²) in [6.45, 7) is 1.55. The molecule has 0 saturated carbocycles. The number of ether oxygens (including phenoxy) is 1. The fourth-order valence-corrected chi connectivity index (χ4v) is 3.16. The Morgan fingerprint density at radius 2 is 1.96 bits per heavy atom. The largest absolute Gasteiger partial charge is 0.452 e. The second-order valence-electron chi connectivity index (χ2n) is 5.53. The molecule has 0 radical (unpaired) electrons. The van der Waals surface area contributed by atoms with Crippen molar-refractivity contribution in [3.8, 4) is 10.6 Å². The smallest absolute Gasteiger partial charge is 0.339 e. The molecule has 2 heterocycles. The lowest BCUT2D eigenvalue weighted by atomic mass is 10.1. The highest BCUT2D eigenvalue weighted by Crippen LogP contribution is 2.28. The van der Waals surface area contributed by atoms with Crippen molar-refractivity contribution in [3.05, 3.63) is 53.4 Å². The standard InChI is InChI=1S/C19H17N3O4S/c1-2-20-19(25)22-17(23)11-26-18(24)13-10-15(16-8-5-9-27-16)21-14-7-4-3-6-12(13)14/h3-10H,2,11H2,1H3,(H2,20,22,23,25). The maximum Gasteiger partial charge on any atom is 0.339 e. The Morgan fingerprint density at radius 1 is 1.15 bits per heavy atom. The number of pyridine rings is 1. The quantitative estimate of drug-likeness (QED) is 0.660. The van der Waals surface area contributed by atoms with Crippen LogP contribution in [-0.4, -0.2) is 36.0 Å². The molecule has 0 fully saturated rings. The van der Waals surface area contributed by atoms with Gasteiger partial charge >= 0.3 is 12.0 Å². The van der Waals surface area contributed by atoms with Crippen LogP contribution in [0.4, 0.5) is 4.79 Å². The van der Waals surface area contributed by atoms with E-state index in [-0.39, 0.29) is 0 Å². The molecule has 3 amide bonds. The molecular formula is C19H17N3O4S. The van der Waals surface area contributed by atoms with Gasteiger partial charge in [0, 0.05) is 11.9 Å². The van der Waals surface area contributed by atoms with Gasteiger partial charge in [-0.3, -0.25) is 10.1 Å². The molecule has 0 aliphatic rings. The van der Waals surface area contributed by atoms with Crippen LogP contribution < -0.4 is 10.6 Å². The van der Waals surface area contributed by atoms with Crippen molar-refractivity contribution < 1.29 is 19.1 Å². The Hall–Kier alpha value is -3.26. The van der Waals surface area contributed by atoms with Crippen LogP contribution in [0, 0.1) is 0 Å². The molecule has 3 aromatic rings. The van der Waals surface area contributed by atoms with E-state index in [2.05, 4.69) is 15.6 Å². The molecule has 138 valence electrons. The zero-order valence-corrected chi connectivity index (χ0v) is 15.3. The fourth-order valence-electron chi connectivity index (χ4n) is 2.47. The number of amides is 3. The molecule has 0 atom stereocenters. The molecule has 7 nitrogen and oxygen atoms in total. The minimum atomic E-state index is -0.703. The summed E-state index contributed by atoms with van der Waals surface area (Å²) < 4.78 is 5.09. The van der Waals surface area contributed by atoms with Crippen LogP contribution in [-0.2, 0) is 9.53 Å². The summed E-state index contributed by atoms with van der Waals surface area (Å²) in [5.41, 5.74) is 1.62. The molecule has 3 rings (SSSR count). The lowest BCUT2D eigenvalue weighted by molar-refractivity contribution is -0.123. The molecule has 0 spiro atoms. The van der Waals surface area contributed by atoms with Crippen LogP contribution >= 0.6 is 11.3 Å². The number of fused-ring (bicyclic) bond motifs is 1. The number of carbonyl (C=O) groups is 3. The first-order valence-electron chi connectivity index (χ1n) is 8.27. The average Bonchev–Trinajstić information content (AvgIpc) is 3.20. The first-order valence-corrected chi connectivity index (χ1v) is 9.15. The Morgan fingerprint density at radius 3 is 2.70 bits per heavy atom. The highest BCUT2D eigenvalue weighted by Gasteiger charge is 2.17. The van der Waals surface area contributed by atoms with Gasteiger partial charge in [0.25, 0.3) is 5.91 Å². The molecule has 0 saturated heterocycles. The third-order valence-electron chi connectivity index (χ3n) is 3.63. The Balaban J connectivity index is 1.81. The first kappa shape index (κ1) is 18.5. The maximum absolute atomic E-state index is 12.6. The number of hydrogen-bond donors (Lipinski definition) is 2. The van der Waals surface area contributed by atoms with Crippen LogP contribution in [0.15, 0.2) is 47.8 Å². The van der Waals surface area contributed by atoms with Gasteiger partial charge < -0.3 is 10.1 Å². The Bertz CT molecular complexity index is 986. The van der Waals surface area contributed by atoms with Gasteiger partial charge in [-0.05, 0) is 30.5 Å². The molecule has 0 unspecified atom stereocenters. The van der Waals surface area contributed by atoms with Crippen molar-refractivity contribution >= 4 is 40.1 Å². The summed E-state index contributed by atoms with van der Waals surface area (Å²) in [6, 6.07) is 12.1. The molecule has 27 heavy (non-hydrogen) atoms. The number of para-hydroxylation sites is 1. The van der Waals surface area contributed by atoms with Crippen molar-refractivity contribution in [2.45, 2.75) is 6.92 Å². The number of nitrogens with one attached hydrogen (secondary N) is 2. The lowest BCUT2D eigenvalue weighted by Crippen LogP contribution is -2.41. The predicted octanol–water partition coefficient (Wildman–Crippen LogP) is 2.97. The van der Waals surface area contributed by atoms with Crippen molar-refractivity contribution in [1.29, 1.82) is 0 Å². The number of aromatic nitrogens is 1. The average molecular weight is 383 g/mol. The molecule has 0 aliphatic carbocycles. The van der Waals surface area contributed by atoms with Gasteiger partial charge in [0.15, 0.2) is 6.61 Å². The number of urea groups is 1. The van der Waals surface area contributed by atoms with E-state index in [1.165, 1.54) is 11.3 Å². The van der Waals surface area contributed by atoms with Crippen LogP contribution in [0.5, 0.6) is 0 Å².